The lowest BCUT2D eigenvalue weighted by molar-refractivity contribution is 0.0129. The Morgan fingerprint density at radius 2 is 2.14 bits per heavy atom. The standard InChI is InChI=1S/C9H8F2N2O/c10-9(11)5-14-13-6-12-7-3-1-2-4-8(7)13/h1-4,6,9H,5H2. The van der Waals surface area contributed by atoms with Crippen LogP contribution in [-0.4, -0.2) is 22.7 Å². The molecule has 1 aromatic heterocycles. The summed E-state index contributed by atoms with van der Waals surface area (Å²) in [5, 5.41) is 0. The van der Waals surface area contributed by atoms with Gasteiger partial charge in [-0.1, -0.05) is 12.1 Å². The summed E-state index contributed by atoms with van der Waals surface area (Å²) in [6.45, 7) is -0.625. The van der Waals surface area contributed by atoms with Crippen LogP contribution in [0.1, 0.15) is 0 Å². The summed E-state index contributed by atoms with van der Waals surface area (Å²) in [4.78, 5) is 8.81. The molecule has 0 saturated heterocycles. The van der Waals surface area contributed by atoms with Crippen LogP contribution >= 0.6 is 0 Å². The summed E-state index contributed by atoms with van der Waals surface area (Å²) < 4.78 is 25.0. The van der Waals surface area contributed by atoms with Crippen molar-refractivity contribution in [3.63, 3.8) is 0 Å². The minimum absolute atomic E-state index is 0.625. The molecule has 0 bridgehead atoms. The normalized spacial score (nSPS) is 11.1. The molecule has 1 aromatic carbocycles. The maximum Gasteiger partial charge on any atom is 0.274 e. The van der Waals surface area contributed by atoms with Crippen molar-refractivity contribution in [3.8, 4) is 0 Å². The van der Waals surface area contributed by atoms with Gasteiger partial charge in [-0.2, -0.15) is 4.73 Å². The Labute approximate surface area is 78.9 Å². The fraction of sp³-hybridized carbons (Fsp3) is 0.222. The van der Waals surface area contributed by atoms with Crippen LogP contribution in [0, 0.1) is 0 Å². The van der Waals surface area contributed by atoms with Gasteiger partial charge in [0.15, 0.2) is 6.61 Å². The monoisotopic (exact) mass is 198 g/mol. The number of para-hydroxylation sites is 2. The van der Waals surface area contributed by atoms with Gasteiger partial charge < -0.3 is 4.84 Å². The quantitative estimate of drug-likeness (QED) is 0.751. The molecule has 0 atom stereocenters. The number of nitrogens with zero attached hydrogens (tertiary/aromatic N) is 2. The Hall–Kier alpha value is -1.65. The minimum atomic E-state index is -2.48. The maximum atomic E-state index is 11.9. The van der Waals surface area contributed by atoms with Crippen molar-refractivity contribution in [2.24, 2.45) is 0 Å². The van der Waals surface area contributed by atoms with Gasteiger partial charge in [0.05, 0.1) is 5.52 Å². The molecule has 74 valence electrons. The maximum absolute atomic E-state index is 11.9. The zero-order chi connectivity index (χ0) is 9.97. The van der Waals surface area contributed by atoms with Gasteiger partial charge in [-0.15, -0.1) is 0 Å². The Morgan fingerprint density at radius 3 is 2.93 bits per heavy atom. The van der Waals surface area contributed by atoms with E-state index in [2.05, 4.69) is 4.98 Å². The molecule has 2 rings (SSSR count). The average molecular weight is 198 g/mol. The number of benzene rings is 1. The van der Waals surface area contributed by atoms with Crippen molar-refractivity contribution in [1.82, 2.24) is 9.71 Å². The van der Waals surface area contributed by atoms with Crippen LogP contribution in [0.3, 0.4) is 0 Å². The lowest BCUT2D eigenvalue weighted by Crippen LogP contribution is -2.17. The Morgan fingerprint density at radius 1 is 1.36 bits per heavy atom. The van der Waals surface area contributed by atoms with E-state index in [4.69, 9.17) is 4.84 Å². The van der Waals surface area contributed by atoms with Crippen LogP contribution in [0.25, 0.3) is 11.0 Å². The molecule has 0 saturated carbocycles. The third-order valence-electron chi connectivity index (χ3n) is 1.76. The second-order valence-corrected chi connectivity index (χ2v) is 2.75. The number of fused-ring (bicyclic) bond motifs is 1. The van der Waals surface area contributed by atoms with Crippen molar-refractivity contribution >= 4 is 11.0 Å². The van der Waals surface area contributed by atoms with Crippen molar-refractivity contribution in [3.05, 3.63) is 30.6 Å². The summed E-state index contributed by atoms with van der Waals surface area (Å²) >= 11 is 0. The number of aromatic nitrogens is 2. The van der Waals surface area contributed by atoms with Crippen molar-refractivity contribution in [2.45, 2.75) is 6.43 Å². The first-order valence-corrected chi connectivity index (χ1v) is 4.11. The highest BCUT2D eigenvalue weighted by atomic mass is 19.3. The molecule has 1 heterocycles. The van der Waals surface area contributed by atoms with Crippen molar-refractivity contribution in [2.75, 3.05) is 6.61 Å². The van der Waals surface area contributed by atoms with Gasteiger partial charge in [0.1, 0.15) is 11.8 Å². The highest BCUT2D eigenvalue weighted by molar-refractivity contribution is 5.74. The van der Waals surface area contributed by atoms with Crippen LogP contribution in [0.4, 0.5) is 8.78 Å². The van der Waals surface area contributed by atoms with E-state index in [0.29, 0.717) is 5.52 Å². The number of imidazole rings is 1. The van der Waals surface area contributed by atoms with E-state index in [1.807, 2.05) is 6.07 Å². The van der Waals surface area contributed by atoms with E-state index in [0.717, 1.165) is 5.52 Å². The summed E-state index contributed by atoms with van der Waals surface area (Å²) in [6.07, 6.45) is -1.09. The first kappa shape index (κ1) is 8.93. The van der Waals surface area contributed by atoms with Gasteiger partial charge >= 0.3 is 0 Å². The second-order valence-electron chi connectivity index (χ2n) is 2.75. The Balaban J connectivity index is 2.25. The molecule has 0 unspecified atom stereocenters. The molecule has 2 aromatic rings. The van der Waals surface area contributed by atoms with Crippen LogP contribution in [0.2, 0.25) is 0 Å². The molecule has 5 heteroatoms. The smallest absolute Gasteiger partial charge is 0.274 e. The lowest BCUT2D eigenvalue weighted by atomic mass is 10.3. The predicted molar refractivity (Wildman–Crippen MR) is 47.2 cm³/mol. The zero-order valence-corrected chi connectivity index (χ0v) is 7.23. The van der Waals surface area contributed by atoms with Gasteiger partial charge in [0.25, 0.3) is 6.43 Å². The Kier molecular flexibility index (Phi) is 2.30. The molecule has 0 radical (unpaired) electrons. The van der Waals surface area contributed by atoms with E-state index in [1.165, 1.54) is 11.1 Å². The fourth-order valence-electron chi connectivity index (χ4n) is 1.18. The average Bonchev–Trinajstić information content (AvgIpc) is 2.58. The fourth-order valence-corrected chi connectivity index (χ4v) is 1.18. The van der Waals surface area contributed by atoms with E-state index in [9.17, 15) is 8.78 Å². The first-order valence-electron chi connectivity index (χ1n) is 4.11. The molecule has 0 fully saturated rings. The number of rotatable bonds is 3. The van der Waals surface area contributed by atoms with E-state index in [1.54, 1.807) is 18.2 Å². The van der Waals surface area contributed by atoms with Gasteiger partial charge in [-0.05, 0) is 12.1 Å². The number of hydrogen-bond acceptors (Lipinski definition) is 2. The van der Waals surface area contributed by atoms with Gasteiger partial charge in [-0.3, -0.25) is 0 Å². The van der Waals surface area contributed by atoms with Crippen LogP contribution in [-0.2, 0) is 0 Å². The van der Waals surface area contributed by atoms with Gasteiger partial charge in [0, 0.05) is 0 Å². The van der Waals surface area contributed by atoms with Gasteiger partial charge in [0.2, 0.25) is 0 Å². The Bertz CT molecular complexity index is 427. The molecular weight excluding hydrogens is 190 g/mol. The third kappa shape index (κ3) is 1.66. The molecule has 0 spiro atoms. The molecule has 3 nitrogen and oxygen atoms in total. The summed E-state index contributed by atoms with van der Waals surface area (Å²) in [7, 11) is 0. The van der Waals surface area contributed by atoms with Gasteiger partial charge in [-0.25, -0.2) is 13.8 Å². The topological polar surface area (TPSA) is 27.1 Å². The van der Waals surface area contributed by atoms with Crippen molar-refractivity contribution < 1.29 is 13.6 Å². The number of alkyl halides is 2. The summed E-state index contributed by atoms with van der Waals surface area (Å²) in [6, 6.07) is 7.17. The SMILES string of the molecule is FC(F)COn1cnc2ccccc21. The number of hydrogen-bond donors (Lipinski definition) is 0. The molecule has 0 N–H and O–H groups in total. The first-order chi connectivity index (χ1) is 6.77. The van der Waals surface area contributed by atoms with Crippen LogP contribution < -0.4 is 4.84 Å². The van der Waals surface area contributed by atoms with Crippen LogP contribution in [0.5, 0.6) is 0 Å². The summed E-state index contributed by atoms with van der Waals surface area (Å²) in [5.41, 5.74) is 1.41. The molecule has 0 amide bonds. The van der Waals surface area contributed by atoms with E-state index >= 15 is 0 Å². The summed E-state index contributed by atoms with van der Waals surface area (Å²) in [5.74, 6) is 0. The molecule has 0 aliphatic heterocycles. The zero-order valence-electron chi connectivity index (χ0n) is 7.23. The minimum Gasteiger partial charge on any atom is -0.406 e. The second kappa shape index (κ2) is 3.61. The molecule has 0 aliphatic rings. The van der Waals surface area contributed by atoms with E-state index < -0.39 is 13.0 Å². The highest BCUT2D eigenvalue weighted by Gasteiger charge is 2.06. The van der Waals surface area contributed by atoms with Crippen LogP contribution in [0.15, 0.2) is 30.6 Å². The molecule has 14 heavy (non-hydrogen) atoms. The highest BCUT2D eigenvalue weighted by Crippen LogP contribution is 2.10. The predicted octanol–water partition coefficient (Wildman–Crippen LogP) is 1.73. The largest absolute Gasteiger partial charge is 0.406 e. The molecular formula is C9H8F2N2O. The number of halogens is 2. The third-order valence-corrected chi connectivity index (χ3v) is 1.76. The molecule has 0 aliphatic carbocycles. The lowest BCUT2D eigenvalue weighted by Gasteiger charge is -2.05. The van der Waals surface area contributed by atoms with Crippen molar-refractivity contribution in [1.29, 1.82) is 0 Å². The van der Waals surface area contributed by atoms with E-state index in [-0.39, 0.29) is 0 Å².